The van der Waals surface area contributed by atoms with Crippen molar-refractivity contribution in [2.45, 2.75) is 13.0 Å². The SMILES string of the molecule is COc1ccc(/C=C2\Oc3c(ccc4c3CN(CCc3ccc(OC)c(OC)c3)CO4)C2=O)cc1OC. The van der Waals surface area contributed by atoms with Crippen LogP contribution in [0.5, 0.6) is 34.5 Å². The van der Waals surface area contributed by atoms with Crippen molar-refractivity contribution in [3.8, 4) is 34.5 Å². The minimum Gasteiger partial charge on any atom is -0.493 e. The normalized spacial score (nSPS) is 15.5. The van der Waals surface area contributed by atoms with Crippen LogP contribution in [0.4, 0.5) is 0 Å². The molecule has 0 saturated heterocycles. The number of nitrogens with zero attached hydrogens (tertiary/aromatic N) is 1. The Morgan fingerprint density at radius 2 is 1.57 bits per heavy atom. The molecule has 0 aliphatic carbocycles. The zero-order chi connectivity index (χ0) is 25.9. The monoisotopic (exact) mass is 503 g/mol. The summed E-state index contributed by atoms with van der Waals surface area (Å²) >= 11 is 0. The fourth-order valence-corrected chi connectivity index (χ4v) is 4.57. The van der Waals surface area contributed by atoms with Crippen LogP contribution in [0.1, 0.15) is 27.0 Å². The lowest BCUT2D eigenvalue weighted by molar-refractivity contribution is 0.0949. The molecule has 2 aliphatic rings. The summed E-state index contributed by atoms with van der Waals surface area (Å²) in [4.78, 5) is 15.3. The molecule has 0 saturated carbocycles. The summed E-state index contributed by atoms with van der Waals surface area (Å²) in [6.07, 6.45) is 2.52. The van der Waals surface area contributed by atoms with Gasteiger partial charge < -0.3 is 28.4 Å². The molecule has 0 aromatic heterocycles. The average molecular weight is 504 g/mol. The van der Waals surface area contributed by atoms with Gasteiger partial charge in [-0.15, -0.1) is 0 Å². The highest BCUT2D eigenvalue weighted by Gasteiger charge is 2.33. The van der Waals surface area contributed by atoms with E-state index in [4.69, 9.17) is 28.4 Å². The van der Waals surface area contributed by atoms with Crippen molar-refractivity contribution in [3.05, 3.63) is 76.5 Å². The van der Waals surface area contributed by atoms with Crippen LogP contribution in [0.15, 0.2) is 54.3 Å². The van der Waals surface area contributed by atoms with Crippen LogP contribution in [0, 0.1) is 0 Å². The molecule has 0 amide bonds. The number of carbonyl (C=O) groups excluding carboxylic acids is 1. The second-order valence-corrected chi connectivity index (χ2v) is 8.74. The van der Waals surface area contributed by atoms with Crippen LogP contribution in [0.2, 0.25) is 0 Å². The molecule has 0 spiro atoms. The second kappa shape index (κ2) is 10.4. The molecule has 3 aromatic carbocycles. The van der Waals surface area contributed by atoms with Crippen LogP contribution in [0.3, 0.4) is 0 Å². The first kappa shape index (κ1) is 24.5. The molecule has 37 heavy (non-hydrogen) atoms. The van der Waals surface area contributed by atoms with E-state index in [1.54, 1.807) is 52.7 Å². The van der Waals surface area contributed by atoms with Crippen LogP contribution in [-0.2, 0) is 13.0 Å². The molecule has 0 atom stereocenters. The smallest absolute Gasteiger partial charge is 0.231 e. The predicted molar refractivity (Wildman–Crippen MR) is 138 cm³/mol. The van der Waals surface area contributed by atoms with Gasteiger partial charge in [-0.1, -0.05) is 12.1 Å². The minimum absolute atomic E-state index is 0.157. The van der Waals surface area contributed by atoms with Gasteiger partial charge >= 0.3 is 0 Å². The third kappa shape index (κ3) is 4.80. The lowest BCUT2D eigenvalue weighted by atomic mass is 10.0. The number of Topliss-reactive ketones (excluding diaryl/α,β-unsaturated/α-hetero) is 1. The first-order chi connectivity index (χ1) is 18.0. The minimum atomic E-state index is -0.157. The molecule has 0 unspecified atom stereocenters. The molecular formula is C29H29NO7. The lowest BCUT2D eigenvalue weighted by Crippen LogP contribution is -2.33. The first-order valence-electron chi connectivity index (χ1n) is 11.9. The summed E-state index contributed by atoms with van der Waals surface area (Å²) in [7, 11) is 6.41. The van der Waals surface area contributed by atoms with Crippen molar-refractivity contribution in [2.75, 3.05) is 41.7 Å². The highest BCUT2D eigenvalue weighted by atomic mass is 16.5. The topological polar surface area (TPSA) is 75.7 Å². The van der Waals surface area contributed by atoms with Crippen molar-refractivity contribution < 1.29 is 33.2 Å². The molecule has 0 bridgehead atoms. The third-order valence-corrected chi connectivity index (χ3v) is 6.55. The Morgan fingerprint density at radius 3 is 2.30 bits per heavy atom. The summed E-state index contributed by atoms with van der Waals surface area (Å²) in [5, 5.41) is 0. The number of rotatable bonds is 8. The number of benzene rings is 3. The average Bonchev–Trinajstić information content (AvgIpc) is 3.26. The highest BCUT2D eigenvalue weighted by Crippen LogP contribution is 2.42. The Kier molecular flexibility index (Phi) is 6.92. The van der Waals surface area contributed by atoms with E-state index in [-0.39, 0.29) is 11.5 Å². The molecule has 3 aromatic rings. The lowest BCUT2D eigenvalue weighted by Gasteiger charge is -2.29. The molecule has 0 N–H and O–H groups in total. The van der Waals surface area contributed by atoms with Crippen LogP contribution in [0.25, 0.3) is 6.08 Å². The Labute approximate surface area is 215 Å². The van der Waals surface area contributed by atoms with E-state index in [0.717, 1.165) is 35.4 Å². The Bertz CT molecular complexity index is 1360. The van der Waals surface area contributed by atoms with Gasteiger partial charge in [0, 0.05) is 13.1 Å². The van der Waals surface area contributed by atoms with Crippen LogP contribution in [-0.4, -0.2) is 52.4 Å². The molecule has 8 heteroatoms. The van der Waals surface area contributed by atoms with Crippen LogP contribution >= 0.6 is 0 Å². The van der Waals surface area contributed by atoms with Crippen LogP contribution < -0.4 is 28.4 Å². The third-order valence-electron chi connectivity index (χ3n) is 6.55. The van der Waals surface area contributed by atoms with Gasteiger partial charge in [-0.05, 0) is 60.0 Å². The van der Waals surface area contributed by atoms with Gasteiger partial charge in [0.1, 0.15) is 18.2 Å². The van der Waals surface area contributed by atoms with Gasteiger partial charge in [-0.2, -0.15) is 0 Å². The molecule has 5 rings (SSSR count). The fourth-order valence-electron chi connectivity index (χ4n) is 4.57. The molecule has 192 valence electrons. The molecule has 8 nitrogen and oxygen atoms in total. The number of allylic oxidation sites excluding steroid dienone is 1. The Morgan fingerprint density at radius 1 is 0.865 bits per heavy atom. The Balaban J connectivity index is 1.33. The zero-order valence-corrected chi connectivity index (χ0v) is 21.3. The van der Waals surface area contributed by atoms with Gasteiger partial charge in [-0.25, -0.2) is 0 Å². The molecule has 0 fully saturated rings. The second-order valence-electron chi connectivity index (χ2n) is 8.74. The maximum atomic E-state index is 13.1. The summed E-state index contributed by atoms with van der Waals surface area (Å²) in [6, 6.07) is 15.0. The van der Waals surface area contributed by atoms with Crippen molar-refractivity contribution in [2.24, 2.45) is 0 Å². The Hall–Kier alpha value is -4.17. The maximum absolute atomic E-state index is 13.1. The van der Waals surface area contributed by atoms with E-state index in [2.05, 4.69) is 4.90 Å². The highest BCUT2D eigenvalue weighted by molar-refractivity contribution is 6.15. The van der Waals surface area contributed by atoms with E-state index in [0.29, 0.717) is 47.6 Å². The molecule has 2 aliphatic heterocycles. The summed E-state index contributed by atoms with van der Waals surface area (Å²) in [5.41, 5.74) is 3.32. The van der Waals surface area contributed by atoms with E-state index in [9.17, 15) is 4.79 Å². The van der Waals surface area contributed by atoms with Crippen molar-refractivity contribution >= 4 is 11.9 Å². The fraction of sp³-hybridized carbons (Fsp3) is 0.276. The number of ketones is 1. The summed E-state index contributed by atoms with van der Waals surface area (Å²) in [5.74, 6) is 4.01. The van der Waals surface area contributed by atoms with Gasteiger partial charge in [-0.3, -0.25) is 9.69 Å². The zero-order valence-electron chi connectivity index (χ0n) is 21.3. The number of hydrogen-bond donors (Lipinski definition) is 0. The van der Waals surface area contributed by atoms with Gasteiger partial charge in [0.2, 0.25) is 5.78 Å². The quantitative estimate of drug-likeness (QED) is 0.409. The number of hydrogen-bond acceptors (Lipinski definition) is 8. The number of methoxy groups -OCH3 is 4. The standard InChI is InChI=1S/C29H29NO7/c1-32-23-8-5-18(13-25(23)34-3)11-12-30-16-21-22(36-17-30)10-7-20-28(31)27(37-29(20)21)15-19-6-9-24(33-2)26(14-19)35-4/h5-10,13-15H,11-12,16-17H2,1-4H3/b27-15-. The van der Waals surface area contributed by atoms with Crippen molar-refractivity contribution in [3.63, 3.8) is 0 Å². The van der Waals surface area contributed by atoms with E-state index in [1.807, 2.05) is 30.3 Å². The van der Waals surface area contributed by atoms with Gasteiger partial charge in [0.25, 0.3) is 0 Å². The van der Waals surface area contributed by atoms with Crippen molar-refractivity contribution in [1.29, 1.82) is 0 Å². The number of ether oxygens (including phenoxy) is 6. The number of carbonyl (C=O) groups is 1. The van der Waals surface area contributed by atoms with Crippen molar-refractivity contribution in [1.82, 2.24) is 4.90 Å². The van der Waals surface area contributed by atoms with Gasteiger partial charge in [0.15, 0.2) is 28.8 Å². The van der Waals surface area contributed by atoms with E-state index < -0.39 is 0 Å². The van der Waals surface area contributed by atoms with E-state index in [1.165, 1.54) is 0 Å². The largest absolute Gasteiger partial charge is 0.493 e. The molecule has 2 heterocycles. The van der Waals surface area contributed by atoms with E-state index >= 15 is 0 Å². The maximum Gasteiger partial charge on any atom is 0.231 e. The number of fused-ring (bicyclic) bond motifs is 3. The molecule has 0 radical (unpaired) electrons. The summed E-state index contributed by atoms with van der Waals surface area (Å²) < 4.78 is 33.6. The molecular weight excluding hydrogens is 474 g/mol. The first-order valence-corrected chi connectivity index (χ1v) is 11.9. The summed E-state index contributed by atoms with van der Waals surface area (Å²) in [6.45, 7) is 1.84. The predicted octanol–water partition coefficient (Wildman–Crippen LogP) is 4.73. The van der Waals surface area contributed by atoms with Gasteiger partial charge in [0.05, 0.1) is 39.6 Å².